The summed E-state index contributed by atoms with van der Waals surface area (Å²) >= 11 is 0. The number of nitriles is 1. The Morgan fingerprint density at radius 2 is 2.00 bits per heavy atom. The van der Waals surface area contributed by atoms with E-state index in [1.54, 1.807) is 17.8 Å². The molecule has 2 aromatic heterocycles. The van der Waals surface area contributed by atoms with Gasteiger partial charge in [0.2, 0.25) is 0 Å². The zero-order chi connectivity index (χ0) is 13.2. The van der Waals surface area contributed by atoms with E-state index in [1.165, 1.54) is 0 Å². The average Bonchev–Trinajstić information content (AvgIpc) is 2.90. The maximum Gasteiger partial charge on any atom is 0.146 e. The van der Waals surface area contributed by atoms with Crippen LogP contribution in [0.3, 0.4) is 0 Å². The third-order valence-corrected chi connectivity index (χ3v) is 3.02. The topological polar surface area (TPSA) is 50.3 Å². The number of fused-ring (bicyclic) bond motifs is 1. The second-order valence-electron chi connectivity index (χ2n) is 4.13. The summed E-state index contributed by atoms with van der Waals surface area (Å²) in [5, 5.41) is 13.3. The van der Waals surface area contributed by atoms with Crippen molar-refractivity contribution in [3.63, 3.8) is 0 Å². The Labute approximate surface area is 110 Å². The molecule has 3 aromatic rings. The molecule has 0 unspecified atom stereocenters. The highest BCUT2D eigenvalue weighted by atomic mass is 16.5. The fourth-order valence-electron chi connectivity index (χ4n) is 2.11. The number of rotatable bonds is 2. The lowest BCUT2D eigenvalue weighted by atomic mass is 10.1. The molecule has 0 spiro atoms. The van der Waals surface area contributed by atoms with Gasteiger partial charge in [-0.1, -0.05) is 30.3 Å². The van der Waals surface area contributed by atoms with Crippen molar-refractivity contribution in [3.8, 4) is 22.9 Å². The minimum Gasteiger partial charge on any atom is -0.494 e. The molecule has 2 heterocycles. The van der Waals surface area contributed by atoms with Crippen LogP contribution in [0.4, 0.5) is 0 Å². The van der Waals surface area contributed by atoms with Gasteiger partial charge in [0.15, 0.2) is 0 Å². The molecular weight excluding hydrogens is 238 g/mol. The van der Waals surface area contributed by atoms with Gasteiger partial charge in [-0.2, -0.15) is 10.4 Å². The Hall–Kier alpha value is -2.80. The van der Waals surface area contributed by atoms with Crippen LogP contribution in [0.15, 0.2) is 48.8 Å². The number of hydrogen-bond acceptors (Lipinski definition) is 3. The smallest absolute Gasteiger partial charge is 0.146 e. The van der Waals surface area contributed by atoms with E-state index in [0.29, 0.717) is 16.8 Å². The van der Waals surface area contributed by atoms with E-state index < -0.39 is 0 Å². The SMILES string of the molecule is COc1cc(-c2ccccc2)cn2ncc(C#N)c12. The molecule has 1 aromatic carbocycles. The summed E-state index contributed by atoms with van der Waals surface area (Å²) in [6.45, 7) is 0. The molecule has 92 valence electrons. The second-order valence-corrected chi connectivity index (χ2v) is 4.13. The summed E-state index contributed by atoms with van der Waals surface area (Å²) in [6, 6.07) is 14.0. The quantitative estimate of drug-likeness (QED) is 0.701. The van der Waals surface area contributed by atoms with E-state index in [9.17, 15) is 0 Å². The van der Waals surface area contributed by atoms with Gasteiger partial charge in [0.25, 0.3) is 0 Å². The van der Waals surface area contributed by atoms with E-state index in [-0.39, 0.29) is 0 Å². The maximum atomic E-state index is 9.07. The Balaban J connectivity index is 2.28. The zero-order valence-electron chi connectivity index (χ0n) is 10.4. The van der Waals surface area contributed by atoms with Crippen LogP contribution in [-0.2, 0) is 0 Å². The molecular formula is C15H11N3O. The van der Waals surface area contributed by atoms with Crippen LogP contribution in [-0.4, -0.2) is 16.7 Å². The van der Waals surface area contributed by atoms with Gasteiger partial charge in [0.05, 0.1) is 13.3 Å². The highest BCUT2D eigenvalue weighted by Gasteiger charge is 2.11. The molecule has 4 heteroatoms. The van der Waals surface area contributed by atoms with Crippen LogP contribution in [0.1, 0.15) is 5.56 Å². The molecule has 0 saturated carbocycles. The molecule has 19 heavy (non-hydrogen) atoms. The monoisotopic (exact) mass is 249 g/mol. The molecule has 0 aliphatic heterocycles. The van der Waals surface area contributed by atoms with E-state index in [4.69, 9.17) is 10.00 Å². The van der Waals surface area contributed by atoms with Crippen molar-refractivity contribution in [1.82, 2.24) is 9.61 Å². The summed E-state index contributed by atoms with van der Waals surface area (Å²) in [5.41, 5.74) is 3.29. The van der Waals surface area contributed by atoms with E-state index in [0.717, 1.165) is 11.1 Å². The van der Waals surface area contributed by atoms with Gasteiger partial charge in [0.1, 0.15) is 22.9 Å². The van der Waals surface area contributed by atoms with E-state index >= 15 is 0 Å². The Morgan fingerprint density at radius 3 is 2.68 bits per heavy atom. The number of aromatic nitrogens is 2. The third kappa shape index (κ3) is 1.81. The molecule has 0 saturated heterocycles. The Kier molecular flexibility index (Phi) is 2.66. The second kappa shape index (κ2) is 4.46. The fourth-order valence-corrected chi connectivity index (χ4v) is 2.11. The van der Waals surface area contributed by atoms with Crippen LogP contribution < -0.4 is 4.74 Å². The number of hydrogen-bond donors (Lipinski definition) is 0. The van der Waals surface area contributed by atoms with Gasteiger partial charge in [0, 0.05) is 11.8 Å². The van der Waals surface area contributed by atoms with Crippen molar-refractivity contribution < 1.29 is 4.74 Å². The van der Waals surface area contributed by atoms with Gasteiger partial charge in [-0.05, 0) is 11.6 Å². The molecule has 0 atom stereocenters. The molecule has 0 bridgehead atoms. The summed E-state index contributed by atoms with van der Waals surface area (Å²) < 4.78 is 7.06. The van der Waals surface area contributed by atoms with Crippen molar-refractivity contribution in [1.29, 1.82) is 5.26 Å². The molecule has 0 aliphatic carbocycles. The Bertz CT molecular complexity index is 769. The van der Waals surface area contributed by atoms with Gasteiger partial charge in [-0.25, -0.2) is 4.52 Å². The van der Waals surface area contributed by atoms with Crippen molar-refractivity contribution >= 4 is 5.52 Å². The number of benzene rings is 1. The first kappa shape index (κ1) is 11.3. The molecule has 0 fully saturated rings. The van der Waals surface area contributed by atoms with Crippen molar-refractivity contribution in [2.45, 2.75) is 0 Å². The predicted octanol–water partition coefficient (Wildman–Crippen LogP) is 2.88. The van der Waals surface area contributed by atoms with Gasteiger partial charge in [-0.3, -0.25) is 0 Å². The van der Waals surface area contributed by atoms with Gasteiger partial charge < -0.3 is 4.74 Å². The molecule has 4 nitrogen and oxygen atoms in total. The first-order chi connectivity index (χ1) is 9.33. The molecule has 0 radical (unpaired) electrons. The highest BCUT2D eigenvalue weighted by molar-refractivity contribution is 5.75. The standard InChI is InChI=1S/C15H11N3O/c1-19-14-7-12(11-5-3-2-4-6-11)10-18-15(14)13(8-16)9-17-18/h2-7,9-10H,1H3. The lowest BCUT2D eigenvalue weighted by Gasteiger charge is -2.07. The van der Waals surface area contributed by atoms with E-state index in [2.05, 4.69) is 11.2 Å². The normalized spacial score (nSPS) is 10.3. The summed E-state index contributed by atoms with van der Waals surface area (Å²) in [7, 11) is 1.60. The van der Waals surface area contributed by atoms with Crippen LogP contribution in [0, 0.1) is 11.3 Å². The number of methoxy groups -OCH3 is 1. The fraction of sp³-hybridized carbons (Fsp3) is 0.0667. The molecule has 0 aliphatic rings. The highest BCUT2D eigenvalue weighted by Crippen LogP contribution is 2.29. The number of ether oxygens (including phenoxy) is 1. The third-order valence-electron chi connectivity index (χ3n) is 3.02. The molecule has 3 rings (SSSR count). The predicted molar refractivity (Wildman–Crippen MR) is 71.9 cm³/mol. The van der Waals surface area contributed by atoms with Crippen molar-refractivity contribution in [3.05, 3.63) is 54.4 Å². The minimum absolute atomic E-state index is 0.511. The number of nitrogens with zero attached hydrogens (tertiary/aromatic N) is 3. The average molecular weight is 249 g/mol. The molecule has 0 amide bonds. The molecule has 0 N–H and O–H groups in total. The van der Waals surface area contributed by atoms with Crippen LogP contribution in [0.2, 0.25) is 0 Å². The summed E-state index contributed by atoms with van der Waals surface area (Å²) in [5.74, 6) is 0.649. The van der Waals surface area contributed by atoms with Gasteiger partial charge in [-0.15, -0.1) is 0 Å². The van der Waals surface area contributed by atoms with Gasteiger partial charge >= 0.3 is 0 Å². The van der Waals surface area contributed by atoms with Crippen molar-refractivity contribution in [2.24, 2.45) is 0 Å². The lowest BCUT2D eigenvalue weighted by Crippen LogP contribution is -1.94. The largest absolute Gasteiger partial charge is 0.494 e. The Morgan fingerprint density at radius 1 is 1.21 bits per heavy atom. The van der Waals surface area contributed by atoms with E-state index in [1.807, 2.05) is 42.6 Å². The van der Waals surface area contributed by atoms with Crippen molar-refractivity contribution in [2.75, 3.05) is 7.11 Å². The van der Waals surface area contributed by atoms with Crippen LogP contribution >= 0.6 is 0 Å². The minimum atomic E-state index is 0.511. The van der Waals surface area contributed by atoms with Crippen LogP contribution in [0.25, 0.3) is 16.6 Å². The zero-order valence-corrected chi connectivity index (χ0v) is 10.4. The lowest BCUT2D eigenvalue weighted by molar-refractivity contribution is 0.417. The maximum absolute atomic E-state index is 9.07. The number of pyridine rings is 1. The van der Waals surface area contributed by atoms with Crippen LogP contribution in [0.5, 0.6) is 5.75 Å². The first-order valence-electron chi connectivity index (χ1n) is 5.84. The summed E-state index contributed by atoms with van der Waals surface area (Å²) in [4.78, 5) is 0. The summed E-state index contributed by atoms with van der Waals surface area (Å²) in [6.07, 6.45) is 3.45. The first-order valence-corrected chi connectivity index (χ1v) is 5.84.